The molecule has 2 N–H and O–H groups in total. The number of hydrogen-bond donors (Lipinski definition) is 1. The number of carbonyl (C=O) groups excluding carboxylic acids is 2. The third-order valence-corrected chi connectivity index (χ3v) is 3.13. The second kappa shape index (κ2) is 5.15. The molecule has 108 valence electrons. The summed E-state index contributed by atoms with van der Waals surface area (Å²) in [6, 6.07) is 3.06. The summed E-state index contributed by atoms with van der Waals surface area (Å²) < 4.78 is 38.4. The van der Waals surface area contributed by atoms with E-state index in [1.54, 1.807) is 0 Å². The molecule has 20 heavy (non-hydrogen) atoms. The van der Waals surface area contributed by atoms with E-state index < -0.39 is 29.2 Å². The molecule has 1 aliphatic heterocycles. The average molecular weight is 286 g/mol. The zero-order valence-electron chi connectivity index (χ0n) is 10.5. The Balaban J connectivity index is 2.46. The Morgan fingerprint density at radius 1 is 1.05 bits per heavy atom. The van der Waals surface area contributed by atoms with Crippen molar-refractivity contribution in [3.8, 4) is 0 Å². The molecule has 4 nitrogen and oxygen atoms in total. The van der Waals surface area contributed by atoms with Crippen LogP contribution in [0.5, 0.6) is 0 Å². The number of rotatable bonds is 1. The molecule has 1 heterocycles. The number of amides is 2. The van der Waals surface area contributed by atoms with Crippen LogP contribution in [0.25, 0.3) is 0 Å². The van der Waals surface area contributed by atoms with Gasteiger partial charge in [0.25, 0.3) is 0 Å². The van der Waals surface area contributed by atoms with E-state index >= 15 is 0 Å². The molecule has 0 unspecified atom stereocenters. The van der Waals surface area contributed by atoms with Crippen LogP contribution in [0.4, 0.5) is 24.5 Å². The average Bonchev–Trinajstić information content (AvgIpc) is 2.50. The number of nitrogens with two attached hydrogens (primary N) is 1. The molecule has 0 atom stereocenters. The van der Waals surface area contributed by atoms with Gasteiger partial charge in [-0.1, -0.05) is 0 Å². The highest BCUT2D eigenvalue weighted by Crippen LogP contribution is 2.36. The number of hydrogen-bond acceptors (Lipinski definition) is 3. The molecule has 1 aliphatic rings. The first-order valence-corrected chi connectivity index (χ1v) is 6.13. The van der Waals surface area contributed by atoms with Crippen molar-refractivity contribution in [1.82, 2.24) is 0 Å². The Bertz CT molecular complexity index is 537. The molecule has 0 bridgehead atoms. The summed E-state index contributed by atoms with van der Waals surface area (Å²) >= 11 is 0. The SMILES string of the molecule is Nc1ccc(N2C(=O)CCCCC2=O)cc1C(F)(F)F. The van der Waals surface area contributed by atoms with Gasteiger partial charge >= 0.3 is 6.18 Å². The van der Waals surface area contributed by atoms with Gasteiger partial charge in [-0.2, -0.15) is 13.2 Å². The molecule has 0 spiro atoms. The third kappa shape index (κ3) is 2.76. The summed E-state index contributed by atoms with van der Waals surface area (Å²) in [7, 11) is 0. The van der Waals surface area contributed by atoms with Crippen molar-refractivity contribution in [3.05, 3.63) is 23.8 Å². The van der Waals surface area contributed by atoms with Crippen molar-refractivity contribution < 1.29 is 22.8 Å². The fraction of sp³-hybridized carbons (Fsp3) is 0.385. The number of benzene rings is 1. The highest BCUT2D eigenvalue weighted by Gasteiger charge is 2.35. The van der Waals surface area contributed by atoms with Gasteiger partial charge in [0.15, 0.2) is 0 Å². The standard InChI is InChI=1S/C13H13F3N2O2/c14-13(15,16)9-7-8(5-6-10(9)17)18-11(19)3-1-2-4-12(18)20/h5-7H,1-4,17H2. The number of nitrogens with zero attached hydrogens (tertiary/aromatic N) is 1. The quantitative estimate of drug-likeness (QED) is 0.637. The van der Waals surface area contributed by atoms with Crippen LogP contribution in [-0.2, 0) is 15.8 Å². The Kier molecular flexibility index (Phi) is 3.69. The van der Waals surface area contributed by atoms with Crippen molar-refractivity contribution in [2.24, 2.45) is 0 Å². The Labute approximate surface area is 113 Å². The lowest BCUT2D eigenvalue weighted by Crippen LogP contribution is -2.35. The van der Waals surface area contributed by atoms with E-state index in [0.717, 1.165) is 17.0 Å². The van der Waals surface area contributed by atoms with Crippen LogP contribution in [0.1, 0.15) is 31.2 Å². The van der Waals surface area contributed by atoms with E-state index in [1.807, 2.05) is 0 Å². The molecule has 2 amide bonds. The van der Waals surface area contributed by atoms with Crippen LogP contribution < -0.4 is 10.6 Å². The number of anilines is 2. The van der Waals surface area contributed by atoms with Gasteiger partial charge in [0, 0.05) is 18.5 Å². The van der Waals surface area contributed by atoms with Crippen molar-refractivity contribution in [1.29, 1.82) is 0 Å². The van der Waals surface area contributed by atoms with Gasteiger partial charge in [0.1, 0.15) is 0 Å². The van der Waals surface area contributed by atoms with Crippen molar-refractivity contribution in [3.63, 3.8) is 0 Å². The van der Waals surface area contributed by atoms with Crippen LogP contribution in [0.3, 0.4) is 0 Å². The maximum absolute atomic E-state index is 12.8. The summed E-state index contributed by atoms with van der Waals surface area (Å²) in [5.74, 6) is -0.962. The normalized spacial score (nSPS) is 17.2. The molecule has 0 aliphatic carbocycles. The van der Waals surface area contributed by atoms with Gasteiger partial charge in [-0.15, -0.1) is 0 Å². The molecule has 1 aromatic rings. The fourth-order valence-electron chi connectivity index (χ4n) is 2.13. The predicted octanol–water partition coefficient (Wildman–Crippen LogP) is 2.72. The van der Waals surface area contributed by atoms with Crippen LogP contribution in [-0.4, -0.2) is 11.8 Å². The summed E-state index contributed by atoms with van der Waals surface area (Å²) in [5, 5.41) is 0. The molecule has 1 saturated heterocycles. The maximum atomic E-state index is 12.8. The van der Waals surface area contributed by atoms with Crippen LogP contribution in [0, 0.1) is 0 Å². The molecule has 0 aromatic heterocycles. The lowest BCUT2D eigenvalue weighted by Gasteiger charge is -2.20. The third-order valence-electron chi connectivity index (χ3n) is 3.13. The zero-order valence-corrected chi connectivity index (χ0v) is 10.5. The number of carbonyl (C=O) groups is 2. The molecule has 1 fully saturated rings. The van der Waals surface area contributed by atoms with Crippen LogP contribution in [0.15, 0.2) is 18.2 Å². The van der Waals surface area contributed by atoms with E-state index in [-0.39, 0.29) is 18.5 Å². The van der Waals surface area contributed by atoms with Crippen molar-refractivity contribution >= 4 is 23.2 Å². The van der Waals surface area contributed by atoms with Gasteiger partial charge in [0.2, 0.25) is 11.8 Å². The van der Waals surface area contributed by atoms with Crippen LogP contribution in [0.2, 0.25) is 0 Å². The molecule has 0 saturated carbocycles. The second-order valence-corrected chi connectivity index (χ2v) is 4.60. The minimum atomic E-state index is -4.63. The number of nitrogen functional groups attached to an aromatic ring is 1. The topological polar surface area (TPSA) is 63.4 Å². The second-order valence-electron chi connectivity index (χ2n) is 4.60. The van der Waals surface area contributed by atoms with Crippen molar-refractivity contribution in [2.75, 3.05) is 10.6 Å². The van der Waals surface area contributed by atoms with Gasteiger partial charge < -0.3 is 5.73 Å². The van der Waals surface area contributed by atoms with Gasteiger partial charge in [0.05, 0.1) is 11.3 Å². The van der Waals surface area contributed by atoms with E-state index in [4.69, 9.17) is 5.73 Å². The number of alkyl halides is 3. The molecular weight excluding hydrogens is 273 g/mol. The molecule has 7 heteroatoms. The largest absolute Gasteiger partial charge is 0.418 e. The van der Waals surface area contributed by atoms with Crippen molar-refractivity contribution in [2.45, 2.75) is 31.9 Å². The first-order valence-electron chi connectivity index (χ1n) is 6.13. The minimum Gasteiger partial charge on any atom is -0.398 e. The molecular formula is C13H13F3N2O2. The zero-order chi connectivity index (χ0) is 14.9. The molecule has 2 rings (SSSR count). The smallest absolute Gasteiger partial charge is 0.398 e. The Morgan fingerprint density at radius 2 is 1.60 bits per heavy atom. The van der Waals surface area contributed by atoms with Gasteiger partial charge in [-0.3, -0.25) is 14.5 Å². The van der Waals surface area contributed by atoms with Crippen LogP contribution >= 0.6 is 0 Å². The monoisotopic (exact) mass is 286 g/mol. The summed E-state index contributed by atoms with van der Waals surface area (Å²) in [5.41, 5.74) is 3.74. The highest BCUT2D eigenvalue weighted by atomic mass is 19.4. The summed E-state index contributed by atoms with van der Waals surface area (Å²) in [6.45, 7) is 0. The Morgan fingerprint density at radius 3 is 2.10 bits per heavy atom. The van der Waals surface area contributed by atoms with E-state index in [2.05, 4.69) is 0 Å². The first-order chi connectivity index (χ1) is 9.30. The summed E-state index contributed by atoms with van der Waals surface area (Å²) in [6.07, 6.45) is -3.21. The lowest BCUT2D eigenvalue weighted by atomic mass is 10.1. The van der Waals surface area contributed by atoms with Gasteiger partial charge in [-0.05, 0) is 31.0 Å². The minimum absolute atomic E-state index is 0.0802. The van der Waals surface area contributed by atoms with E-state index in [1.165, 1.54) is 6.07 Å². The number of imide groups is 1. The van der Waals surface area contributed by atoms with E-state index in [0.29, 0.717) is 12.8 Å². The predicted molar refractivity (Wildman–Crippen MR) is 66.8 cm³/mol. The number of halogens is 3. The maximum Gasteiger partial charge on any atom is 0.418 e. The molecule has 0 radical (unpaired) electrons. The Hall–Kier alpha value is -2.05. The molecule has 1 aromatic carbocycles. The van der Waals surface area contributed by atoms with E-state index in [9.17, 15) is 22.8 Å². The first kappa shape index (κ1) is 14.4. The fourth-order valence-corrected chi connectivity index (χ4v) is 2.13. The summed E-state index contributed by atoms with van der Waals surface area (Å²) in [4.78, 5) is 24.5. The highest BCUT2D eigenvalue weighted by molar-refractivity contribution is 6.15. The lowest BCUT2D eigenvalue weighted by molar-refractivity contribution is -0.137. The van der Waals surface area contributed by atoms with Gasteiger partial charge in [-0.25, -0.2) is 0 Å².